The summed E-state index contributed by atoms with van der Waals surface area (Å²) in [6.45, 7) is 4.01. The molecule has 4 heterocycles. The monoisotopic (exact) mass is 379 g/mol. The van der Waals surface area contributed by atoms with Crippen molar-refractivity contribution in [2.45, 2.75) is 19.5 Å². The summed E-state index contributed by atoms with van der Waals surface area (Å²) < 4.78 is 2.02. The molecule has 1 fully saturated rings. The Bertz CT molecular complexity index is 937. The molecule has 3 aromatic rings. The Morgan fingerprint density at radius 2 is 1.93 bits per heavy atom. The molecule has 2 aromatic heterocycles. The van der Waals surface area contributed by atoms with Gasteiger partial charge in [-0.3, -0.25) is 9.69 Å². The summed E-state index contributed by atoms with van der Waals surface area (Å²) in [6.07, 6.45) is 0.900. The van der Waals surface area contributed by atoms with Crippen molar-refractivity contribution in [3.63, 3.8) is 0 Å². The fourth-order valence-corrected chi connectivity index (χ4v) is 5.00. The SMILES string of the molecule is O=C(Nc1ccccc1)c1nnc2n1CC1CN(Cc3cccs3)CC1C2. The molecule has 1 N–H and O–H groups in total. The standard InChI is InChI=1S/C20H21N5OS/c26-20(21-16-5-2-1-3-6-16)19-23-22-18-9-14-10-24(11-15(14)12-25(18)19)13-17-7-4-8-27-17/h1-8,14-15H,9-13H2,(H,21,26). The lowest BCUT2D eigenvalue weighted by Crippen LogP contribution is -2.31. The second-order valence-electron chi connectivity index (χ2n) is 7.37. The van der Waals surface area contributed by atoms with Crippen molar-refractivity contribution in [2.75, 3.05) is 18.4 Å². The van der Waals surface area contributed by atoms with E-state index in [-0.39, 0.29) is 5.91 Å². The van der Waals surface area contributed by atoms with Gasteiger partial charge in [-0.1, -0.05) is 24.3 Å². The van der Waals surface area contributed by atoms with E-state index in [1.165, 1.54) is 4.88 Å². The first-order valence-electron chi connectivity index (χ1n) is 9.29. The molecule has 0 aliphatic carbocycles. The van der Waals surface area contributed by atoms with E-state index >= 15 is 0 Å². The number of thiophene rings is 1. The van der Waals surface area contributed by atoms with E-state index in [0.29, 0.717) is 17.7 Å². The molecule has 27 heavy (non-hydrogen) atoms. The summed E-state index contributed by atoms with van der Waals surface area (Å²) in [5.74, 6) is 2.33. The van der Waals surface area contributed by atoms with E-state index in [9.17, 15) is 4.79 Å². The number of aromatic nitrogens is 3. The van der Waals surface area contributed by atoms with Crippen LogP contribution in [0.15, 0.2) is 47.8 Å². The van der Waals surface area contributed by atoms with Gasteiger partial charge in [0.05, 0.1) is 0 Å². The van der Waals surface area contributed by atoms with Crippen LogP contribution >= 0.6 is 11.3 Å². The van der Waals surface area contributed by atoms with Gasteiger partial charge < -0.3 is 9.88 Å². The molecule has 2 atom stereocenters. The van der Waals surface area contributed by atoms with Gasteiger partial charge in [-0.15, -0.1) is 21.5 Å². The van der Waals surface area contributed by atoms with Gasteiger partial charge in [0.2, 0.25) is 5.82 Å². The fraction of sp³-hybridized carbons (Fsp3) is 0.350. The molecule has 7 heteroatoms. The van der Waals surface area contributed by atoms with Crippen LogP contribution in [0.5, 0.6) is 0 Å². The van der Waals surface area contributed by atoms with Crippen molar-refractivity contribution in [3.05, 3.63) is 64.4 Å². The molecule has 2 aliphatic rings. The Kier molecular flexibility index (Phi) is 4.26. The Balaban J connectivity index is 1.30. The van der Waals surface area contributed by atoms with Crippen LogP contribution in [0, 0.1) is 11.8 Å². The number of hydrogen-bond acceptors (Lipinski definition) is 5. The first-order valence-corrected chi connectivity index (χ1v) is 10.2. The predicted molar refractivity (Wildman–Crippen MR) is 105 cm³/mol. The molecule has 1 aromatic carbocycles. The van der Waals surface area contributed by atoms with Crippen molar-refractivity contribution < 1.29 is 4.79 Å². The normalized spacial score (nSPS) is 21.6. The van der Waals surface area contributed by atoms with Crippen LogP contribution in [0.2, 0.25) is 0 Å². The van der Waals surface area contributed by atoms with E-state index in [1.54, 1.807) is 0 Å². The highest BCUT2D eigenvalue weighted by Crippen LogP contribution is 2.33. The third-order valence-corrected chi connectivity index (χ3v) is 6.40. The number of anilines is 1. The number of likely N-dealkylation sites (tertiary alicyclic amines) is 1. The summed E-state index contributed by atoms with van der Waals surface area (Å²) in [5, 5.41) is 13.6. The molecule has 2 unspecified atom stereocenters. The summed E-state index contributed by atoms with van der Waals surface area (Å²) in [7, 11) is 0. The molecular formula is C20H21N5OS. The molecule has 0 radical (unpaired) electrons. The van der Waals surface area contributed by atoms with E-state index < -0.39 is 0 Å². The molecule has 2 aliphatic heterocycles. The van der Waals surface area contributed by atoms with Gasteiger partial charge in [0, 0.05) is 43.2 Å². The van der Waals surface area contributed by atoms with Crippen LogP contribution in [0.25, 0.3) is 0 Å². The zero-order valence-corrected chi connectivity index (χ0v) is 15.7. The molecule has 138 valence electrons. The average molecular weight is 379 g/mol. The number of carbonyl (C=O) groups excluding carboxylic acids is 1. The topological polar surface area (TPSA) is 63.1 Å². The third kappa shape index (κ3) is 3.28. The van der Waals surface area contributed by atoms with Crippen molar-refractivity contribution in [1.82, 2.24) is 19.7 Å². The largest absolute Gasteiger partial charge is 0.319 e. The summed E-state index contributed by atoms with van der Waals surface area (Å²) in [5.41, 5.74) is 0.775. The minimum absolute atomic E-state index is 0.188. The summed E-state index contributed by atoms with van der Waals surface area (Å²) in [6, 6.07) is 13.8. The second kappa shape index (κ2) is 6.90. The van der Waals surface area contributed by atoms with Gasteiger partial charge in [0.1, 0.15) is 5.82 Å². The van der Waals surface area contributed by atoms with E-state index in [2.05, 4.69) is 37.9 Å². The zero-order valence-electron chi connectivity index (χ0n) is 14.9. The first-order chi connectivity index (χ1) is 13.3. The van der Waals surface area contributed by atoms with Crippen LogP contribution in [-0.2, 0) is 19.5 Å². The maximum absolute atomic E-state index is 12.7. The number of nitrogens with one attached hydrogen (secondary N) is 1. The number of para-hydroxylation sites is 1. The molecule has 1 saturated heterocycles. The lowest BCUT2D eigenvalue weighted by molar-refractivity contribution is 0.100. The number of fused-ring (bicyclic) bond motifs is 2. The van der Waals surface area contributed by atoms with Crippen LogP contribution in [-0.4, -0.2) is 38.7 Å². The lowest BCUT2D eigenvalue weighted by Gasteiger charge is -2.25. The number of hydrogen-bond donors (Lipinski definition) is 1. The van der Waals surface area contributed by atoms with Crippen LogP contribution in [0.1, 0.15) is 21.3 Å². The van der Waals surface area contributed by atoms with E-state index in [0.717, 1.165) is 44.1 Å². The summed E-state index contributed by atoms with van der Waals surface area (Å²) in [4.78, 5) is 16.6. The molecule has 0 spiro atoms. The van der Waals surface area contributed by atoms with Gasteiger partial charge >= 0.3 is 0 Å². The number of amides is 1. The van der Waals surface area contributed by atoms with Crippen LogP contribution < -0.4 is 5.32 Å². The molecule has 1 amide bonds. The maximum Gasteiger partial charge on any atom is 0.293 e. The highest BCUT2D eigenvalue weighted by Gasteiger charge is 2.39. The molecule has 5 rings (SSSR count). The van der Waals surface area contributed by atoms with Crippen LogP contribution in [0.4, 0.5) is 5.69 Å². The second-order valence-corrected chi connectivity index (χ2v) is 8.40. The number of rotatable bonds is 4. The van der Waals surface area contributed by atoms with Crippen molar-refractivity contribution in [3.8, 4) is 0 Å². The highest BCUT2D eigenvalue weighted by atomic mass is 32.1. The Morgan fingerprint density at radius 1 is 1.07 bits per heavy atom. The Hall–Kier alpha value is -2.51. The van der Waals surface area contributed by atoms with Crippen molar-refractivity contribution in [2.24, 2.45) is 11.8 Å². The van der Waals surface area contributed by atoms with Crippen molar-refractivity contribution in [1.29, 1.82) is 0 Å². The molecular weight excluding hydrogens is 358 g/mol. The third-order valence-electron chi connectivity index (χ3n) is 5.54. The zero-order chi connectivity index (χ0) is 18.2. The number of nitrogens with zero attached hydrogens (tertiary/aromatic N) is 4. The van der Waals surface area contributed by atoms with E-state index in [4.69, 9.17) is 0 Å². The average Bonchev–Trinajstić information content (AvgIpc) is 3.40. The minimum atomic E-state index is -0.188. The van der Waals surface area contributed by atoms with Gasteiger partial charge in [0.25, 0.3) is 5.91 Å². The minimum Gasteiger partial charge on any atom is -0.319 e. The van der Waals surface area contributed by atoms with Crippen molar-refractivity contribution >= 4 is 22.9 Å². The molecule has 0 bridgehead atoms. The Labute approximate surface area is 161 Å². The van der Waals surface area contributed by atoms with Gasteiger partial charge in [-0.25, -0.2) is 0 Å². The quantitative estimate of drug-likeness (QED) is 0.757. The van der Waals surface area contributed by atoms with Gasteiger partial charge in [-0.2, -0.15) is 0 Å². The van der Waals surface area contributed by atoms with E-state index in [1.807, 2.05) is 46.2 Å². The Morgan fingerprint density at radius 3 is 2.74 bits per heavy atom. The maximum atomic E-state index is 12.7. The smallest absolute Gasteiger partial charge is 0.293 e. The lowest BCUT2D eigenvalue weighted by atomic mass is 9.89. The van der Waals surface area contributed by atoms with Gasteiger partial charge in [-0.05, 0) is 35.4 Å². The highest BCUT2D eigenvalue weighted by molar-refractivity contribution is 7.09. The van der Waals surface area contributed by atoms with Gasteiger partial charge in [0.15, 0.2) is 0 Å². The fourth-order valence-electron chi connectivity index (χ4n) is 4.25. The predicted octanol–water partition coefficient (Wildman–Crippen LogP) is 2.90. The number of carbonyl (C=O) groups is 1. The van der Waals surface area contributed by atoms with Crippen LogP contribution in [0.3, 0.4) is 0 Å². The first kappa shape index (κ1) is 16.6. The molecule has 6 nitrogen and oxygen atoms in total. The number of benzene rings is 1. The molecule has 0 saturated carbocycles. The summed E-state index contributed by atoms with van der Waals surface area (Å²) >= 11 is 1.82.